The molecule has 7 nitrogen and oxygen atoms in total. The first-order valence-corrected chi connectivity index (χ1v) is 9.79. The van der Waals surface area contributed by atoms with Crippen molar-refractivity contribution < 1.29 is 18.7 Å². The van der Waals surface area contributed by atoms with Gasteiger partial charge in [-0.2, -0.15) is 0 Å². The summed E-state index contributed by atoms with van der Waals surface area (Å²) in [6, 6.07) is 8.89. The number of thiocarbonyl (C=S) groups is 1. The number of amides is 2. The molecule has 0 unspecified atom stereocenters. The molecule has 146 valence electrons. The van der Waals surface area contributed by atoms with Crippen LogP contribution in [0.2, 0.25) is 0 Å². The molecule has 0 bridgehead atoms. The highest BCUT2D eigenvalue weighted by atomic mass is 32.2. The van der Waals surface area contributed by atoms with E-state index < -0.39 is 0 Å². The lowest BCUT2D eigenvalue weighted by Gasteiger charge is -2.07. The lowest BCUT2D eigenvalue weighted by atomic mass is 10.1. The van der Waals surface area contributed by atoms with Crippen molar-refractivity contribution >= 4 is 62.8 Å². The number of furan rings is 1. The van der Waals surface area contributed by atoms with Crippen LogP contribution in [0.1, 0.15) is 11.3 Å². The van der Waals surface area contributed by atoms with Gasteiger partial charge in [-0.05, 0) is 18.2 Å². The highest BCUT2D eigenvalue weighted by Gasteiger charge is 2.23. The Balaban J connectivity index is 1.55. The van der Waals surface area contributed by atoms with Gasteiger partial charge in [-0.15, -0.1) is 0 Å². The van der Waals surface area contributed by atoms with Crippen LogP contribution in [0.4, 0.5) is 5.69 Å². The van der Waals surface area contributed by atoms with Gasteiger partial charge in [-0.3, -0.25) is 14.6 Å². The number of hydrogen-bond donors (Lipinski definition) is 2. The van der Waals surface area contributed by atoms with Crippen LogP contribution in [0, 0.1) is 0 Å². The Hall–Kier alpha value is -3.17. The highest BCUT2D eigenvalue weighted by molar-refractivity contribution is 8.26. The summed E-state index contributed by atoms with van der Waals surface area (Å²) in [7, 11) is 1.57. The zero-order valence-electron chi connectivity index (χ0n) is 15.2. The lowest BCUT2D eigenvalue weighted by molar-refractivity contribution is -0.116. The molecule has 3 aromatic rings. The molecule has 0 spiro atoms. The average Bonchev–Trinajstić information content (AvgIpc) is 3.24. The first-order chi connectivity index (χ1) is 14.0. The highest BCUT2D eigenvalue weighted by Crippen LogP contribution is 2.29. The molecule has 3 heterocycles. The summed E-state index contributed by atoms with van der Waals surface area (Å²) in [5, 5.41) is 6.14. The molecule has 0 saturated carbocycles. The van der Waals surface area contributed by atoms with Crippen molar-refractivity contribution in [1.82, 2.24) is 10.3 Å². The van der Waals surface area contributed by atoms with Gasteiger partial charge in [0.1, 0.15) is 21.4 Å². The Labute approximate surface area is 175 Å². The van der Waals surface area contributed by atoms with Crippen LogP contribution in [0.3, 0.4) is 0 Å². The fraction of sp³-hybridized carbons (Fsp3) is 0.100. The van der Waals surface area contributed by atoms with E-state index in [1.165, 1.54) is 11.8 Å². The second-order valence-electron chi connectivity index (χ2n) is 6.17. The molecule has 1 fully saturated rings. The van der Waals surface area contributed by atoms with Crippen LogP contribution in [0.5, 0.6) is 5.75 Å². The van der Waals surface area contributed by atoms with Crippen molar-refractivity contribution in [1.29, 1.82) is 0 Å². The molecule has 4 rings (SSSR count). The average molecular weight is 425 g/mol. The normalized spacial score (nSPS) is 15.0. The quantitative estimate of drug-likeness (QED) is 0.477. The molecule has 1 aromatic carbocycles. The maximum Gasteiger partial charge on any atom is 0.263 e. The number of ether oxygens (including phenoxy) is 1. The first-order valence-electron chi connectivity index (χ1n) is 8.57. The Morgan fingerprint density at radius 1 is 1.38 bits per heavy atom. The third-order valence-corrected chi connectivity index (χ3v) is 5.30. The molecule has 1 aliphatic heterocycles. The summed E-state index contributed by atoms with van der Waals surface area (Å²) in [5.41, 5.74) is 1.84. The van der Waals surface area contributed by atoms with Gasteiger partial charge in [0.25, 0.3) is 5.91 Å². The first kappa shape index (κ1) is 19.2. The van der Waals surface area contributed by atoms with Crippen molar-refractivity contribution in [3.63, 3.8) is 0 Å². The Morgan fingerprint density at radius 3 is 3.00 bits per heavy atom. The SMILES string of the molecule is COc1cccc(NC(=O)Cc2cncc3cc(/C=C4\SC(=S)NC4=O)oc23)c1. The number of thioether (sulfide) groups is 1. The maximum atomic E-state index is 12.5. The van der Waals surface area contributed by atoms with Crippen molar-refractivity contribution in [3.05, 3.63) is 59.0 Å². The molecule has 1 saturated heterocycles. The molecule has 1 aliphatic rings. The number of benzene rings is 1. The molecule has 0 aliphatic carbocycles. The second kappa shape index (κ2) is 8.06. The summed E-state index contributed by atoms with van der Waals surface area (Å²) < 4.78 is 11.5. The van der Waals surface area contributed by atoms with E-state index in [4.69, 9.17) is 21.4 Å². The van der Waals surface area contributed by atoms with Gasteiger partial charge in [-0.1, -0.05) is 30.0 Å². The summed E-state index contributed by atoms with van der Waals surface area (Å²) in [4.78, 5) is 29.0. The molecule has 2 N–H and O–H groups in total. The van der Waals surface area contributed by atoms with Gasteiger partial charge in [0, 0.05) is 41.2 Å². The molecule has 29 heavy (non-hydrogen) atoms. The van der Waals surface area contributed by atoms with Gasteiger partial charge in [-0.25, -0.2) is 0 Å². The predicted octanol–water partition coefficient (Wildman–Crippen LogP) is 3.51. The van der Waals surface area contributed by atoms with Crippen LogP contribution in [-0.4, -0.2) is 28.2 Å². The van der Waals surface area contributed by atoms with E-state index in [9.17, 15) is 9.59 Å². The molecule has 2 amide bonds. The van der Waals surface area contributed by atoms with Gasteiger partial charge in [0.15, 0.2) is 0 Å². The van der Waals surface area contributed by atoms with E-state index in [2.05, 4.69) is 15.6 Å². The van der Waals surface area contributed by atoms with E-state index in [0.29, 0.717) is 37.6 Å². The van der Waals surface area contributed by atoms with Crippen LogP contribution in [0.25, 0.3) is 17.0 Å². The Kier molecular flexibility index (Phi) is 5.32. The zero-order valence-corrected chi connectivity index (χ0v) is 16.9. The van der Waals surface area contributed by atoms with Gasteiger partial charge < -0.3 is 19.8 Å². The monoisotopic (exact) mass is 425 g/mol. The summed E-state index contributed by atoms with van der Waals surface area (Å²) >= 11 is 6.17. The number of nitrogens with zero attached hydrogens (tertiary/aromatic N) is 1. The summed E-state index contributed by atoms with van der Waals surface area (Å²) in [6.45, 7) is 0. The van der Waals surface area contributed by atoms with E-state index >= 15 is 0 Å². The number of nitrogens with one attached hydrogen (secondary N) is 2. The minimum atomic E-state index is -0.253. The number of fused-ring (bicyclic) bond motifs is 1. The number of carbonyl (C=O) groups excluding carboxylic acids is 2. The number of carbonyl (C=O) groups is 2. The minimum Gasteiger partial charge on any atom is -0.497 e. The minimum absolute atomic E-state index is 0.0877. The number of pyridine rings is 1. The van der Waals surface area contributed by atoms with Crippen LogP contribution >= 0.6 is 24.0 Å². The second-order valence-corrected chi connectivity index (χ2v) is 7.89. The van der Waals surface area contributed by atoms with E-state index in [1.807, 2.05) is 0 Å². The summed E-state index contributed by atoms with van der Waals surface area (Å²) in [5.74, 6) is 0.685. The van der Waals surface area contributed by atoms with Gasteiger partial charge >= 0.3 is 0 Å². The number of anilines is 1. The van der Waals surface area contributed by atoms with Gasteiger partial charge in [0.05, 0.1) is 18.4 Å². The van der Waals surface area contributed by atoms with E-state index in [0.717, 1.165) is 5.39 Å². The van der Waals surface area contributed by atoms with Crippen LogP contribution in [-0.2, 0) is 16.0 Å². The van der Waals surface area contributed by atoms with Crippen LogP contribution in [0.15, 0.2) is 52.0 Å². The Bertz CT molecular complexity index is 1170. The largest absolute Gasteiger partial charge is 0.497 e. The maximum absolute atomic E-state index is 12.5. The zero-order chi connectivity index (χ0) is 20.4. The number of rotatable bonds is 5. The number of hydrogen-bond acceptors (Lipinski definition) is 7. The van der Waals surface area contributed by atoms with Gasteiger partial charge in [0.2, 0.25) is 5.91 Å². The molecule has 0 atom stereocenters. The fourth-order valence-electron chi connectivity index (χ4n) is 2.86. The lowest BCUT2D eigenvalue weighted by Crippen LogP contribution is -2.17. The predicted molar refractivity (Wildman–Crippen MR) is 116 cm³/mol. The molecular formula is C20H15N3O4S2. The molecule has 2 aromatic heterocycles. The third-order valence-electron chi connectivity index (χ3n) is 4.14. The van der Waals surface area contributed by atoms with Crippen LogP contribution < -0.4 is 15.4 Å². The van der Waals surface area contributed by atoms with E-state index in [1.54, 1.807) is 55.9 Å². The van der Waals surface area contributed by atoms with E-state index in [-0.39, 0.29) is 18.2 Å². The van der Waals surface area contributed by atoms with Crippen molar-refractivity contribution in [3.8, 4) is 5.75 Å². The Morgan fingerprint density at radius 2 is 2.24 bits per heavy atom. The smallest absolute Gasteiger partial charge is 0.263 e. The van der Waals surface area contributed by atoms with Crippen molar-refractivity contribution in [2.45, 2.75) is 6.42 Å². The van der Waals surface area contributed by atoms with Crippen molar-refractivity contribution in [2.75, 3.05) is 12.4 Å². The number of aromatic nitrogens is 1. The third kappa shape index (κ3) is 4.30. The molecule has 0 radical (unpaired) electrons. The fourth-order valence-corrected chi connectivity index (χ4v) is 3.89. The molecular weight excluding hydrogens is 410 g/mol. The standard InChI is InChI=1S/C20H15N3O4S2/c1-26-14-4-2-3-13(7-14)22-17(24)6-12-10-21-9-11-5-15(27-18(11)12)8-16-19(25)23-20(28)29-16/h2-5,7-10H,6H2,1H3,(H,22,24)(H,23,25,28)/b16-8-. The topological polar surface area (TPSA) is 93.5 Å². The summed E-state index contributed by atoms with van der Waals surface area (Å²) in [6.07, 6.45) is 4.96. The molecule has 9 heteroatoms. The van der Waals surface area contributed by atoms with Crippen molar-refractivity contribution in [2.24, 2.45) is 0 Å². The number of methoxy groups -OCH3 is 1.